The molecule has 3 heterocycles. The summed E-state index contributed by atoms with van der Waals surface area (Å²) in [6, 6.07) is 1.73. The minimum atomic E-state index is -0.128. The normalized spacial score (nSPS) is 11.1. The molecule has 0 aliphatic carbocycles. The van der Waals surface area contributed by atoms with Crippen LogP contribution in [0, 0.1) is 13.8 Å². The van der Waals surface area contributed by atoms with Crippen LogP contribution in [-0.2, 0) is 20.3 Å². The van der Waals surface area contributed by atoms with Gasteiger partial charge in [-0.1, -0.05) is 0 Å². The van der Waals surface area contributed by atoms with Crippen LogP contribution in [0.2, 0.25) is 0 Å². The number of aromatic nitrogens is 6. The number of rotatable bonds is 5. The van der Waals surface area contributed by atoms with E-state index in [4.69, 9.17) is 0 Å². The second kappa shape index (κ2) is 6.83. The van der Waals surface area contributed by atoms with Crippen molar-refractivity contribution < 1.29 is 4.79 Å². The van der Waals surface area contributed by atoms with Crippen molar-refractivity contribution in [2.24, 2.45) is 7.05 Å². The zero-order chi connectivity index (χ0) is 18.1. The van der Waals surface area contributed by atoms with Gasteiger partial charge in [-0.05, 0) is 35.8 Å². The van der Waals surface area contributed by atoms with E-state index in [1.54, 1.807) is 39.8 Å². The molecule has 0 bridgehead atoms. The zero-order valence-corrected chi connectivity index (χ0v) is 16.2. The largest absolute Gasteiger partial charge is 0.336 e. The Morgan fingerprint density at radius 2 is 2.08 bits per heavy atom. The van der Waals surface area contributed by atoms with Gasteiger partial charge in [0.25, 0.3) is 5.91 Å². The molecule has 8 nitrogen and oxygen atoms in total. The summed E-state index contributed by atoms with van der Waals surface area (Å²) in [4.78, 5) is 14.2. The minimum absolute atomic E-state index is 0.128. The number of aryl methyl sites for hydroxylation is 2. The minimum Gasteiger partial charge on any atom is -0.336 e. The molecule has 132 valence electrons. The first kappa shape index (κ1) is 17.4. The van der Waals surface area contributed by atoms with Gasteiger partial charge in [-0.2, -0.15) is 15.3 Å². The van der Waals surface area contributed by atoms with Gasteiger partial charge < -0.3 is 4.90 Å². The molecule has 1 amide bonds. The third-order valence-electron chi connectivity index (χ3n) is 3.96. The molecule has 0 aliphatic rings. The van der Waals surface area contributed by atoms with Crippen molar-refractivity contribution in [3.8, 4) is 0 Å². The van der Waals surface area contributed by atoms with Gasteiger partial charge in [-0.15, -0.1) is 0 Å². The highest BCUT2D eigenvalue weighted by Crippen LogP contribution is 2.19. The maximum atomic E-state index is 12.5. The fourth-order valence-electron chi connectivity index (χ4n) is 2.60. The SMILES string of the molecule is Cc1nn(Cn2ccc(C(=O)N(C)Cc3cnn(C)c3)n2)c(C)c1Br. The number of hydrogen-bond acceptors (Lipinski definition) is 4. The van der Waals surface area contributed by atoms with Crippen LogP contribution in [0.4, 0.5) is 0 Å². The lowest BCUT2D eigenvalue weighted by atomic mass is 10.3. The van der Waals surface area contributed by atoms with E-state index in [0.717, 1.165) is 21.4 Å². The molecule has 0 aromatic carbocycles. The van der Waals surface area contributed by atoms with Crippen LogP contribution in [0.25, 0.3) is 0 Å². The van der Waals surface area contributed by atoms with Crippen LogP contribution < -0.4 is 0 Å². The van der Waals surface area contributed by atoms with Crippen molar-refractivity contribution in [3.63, 3.8) is 0 Å². The van der Waals surface area contributed by atoms with Crippen molar-refractivity contribution in [1.82, 2.24) is 34.2 Å². The number of halogens is 1. The number of hydrogen-bond donors (Lipinski definition) is 0. The third-order valence-corrected chi connectivity index (χ3v) is 5.10. The van der Waals surface area contributed by atoms with Crippen LogP contribution in [0.15, 0.2) is 29.1 Å². The van der Waals surface area contributed by atoms with Gasteiger partial charge in [0.2, 0.25) is 0 Å². The Morgan fingerprint density at radius 1 is 1.32 bits per heavy atom. The number of amides is 1. The van der Waals surface area contributed by atoms with Crippen molar-refractivity contribution in [1.29, 1.82) is 0 Å². The monoisotopic (exact) mass is 405 g/mol. The Balaban J connectivity index is 1.69. The summed E-state index contributed by atoms with van der Waals surface area (Å²) in [5, 5.41) is 13.0. The molecule has 0 fully saturated rings. The molecule has 0 radical (unpaired) electrons. The summed E-state index contributed by atoms with van der Waals surface area (Å²) in [7, 11) is 3.61. The molecule has 0 aliphatic heterocycles. The van der Waals surface area contributed by atoms with Crippen LogP contribution in [0.3, 0.4) is 0 Å². The van der Waals surface area contributed by atoms with Crippen LogP contribution in [-0.4, -0.2) is 47.2 Å². The highest BCUT2D eigenvalue weighted by Gasteiger charge is 2.16. The van der Waals surface area contributed by atoms with Gasteiger partial charge in [0.15, 0.2) is 0 Å². The zero-order valence-electron chi connectivity index (χ0n) is 14.6. The van der Waals surface area contributed by atoms with Crippen molar-refractivity contribution in [3.05, 3.63) is 51.8 Å². The quantitative estimate of drug-likeness (QED) is 0.650. The number of carbonyl (C=O) groups is 1. The lowest BCUT2D eigenvalue weighted by Crippen LogP contribution is -2.26. The van der Waals surface area contributed by atoms with E-state index >= 15 is 0 Å². The maximum absolute atomic E-state index is 12.5. The van der Waals surface area contributed by atoms with Crippen molar-refractivity contribution in [2.75, 3.05) is 7.05 Å². The van der Waals surface area contributed by atoms with Gasteiger partial charge >= 0.3 is 0 Å². The average Bonchev–Trinajstić information content (AvgIpc) is 3.25. The summed E-state index contributed by atoms with van der Waals surface area (Å²) >= 11 is 3.51. The van der Waals surface area contributed by atoms with E-state index in [-0.39, 0.29) is 5.91 Å². The summed E-state index contributed by atoms with van der Waals surface area (Å²) < 4.78 is 6.26. The molecule has 0 saturated heterocycles. The second-order valence-electron chi connectivity index (χ2n) is 6.05. The maximum Gasteiger partial charge on any atom is 0.274 e. The van der Waals surface area contributed by atoms with Crippen LogP contribution >= 0.6 is 15.9 Å². The number of nitrogens with zero attached hydrogens (tertiary/aromatic N) is 7. The molecule has 0 saturated carbocycles. The highest BCUT2D eigenvalue weighted by atomic mass is 79.9. The summed E-state index contributed by atoms with van der Waals surface area (Å²) in [6.07, 6.45) is 5.43. The van der Waals surface area contributed by atoms with Gasteiger partial charge in [-0.25, -0.2) is 4.68 Å². The Hall–Kier alpha value is -2.42. The fraction of sp³-hybridized carbons (Fsp3) is 0.375. The summed E-state index contributed by atoms with van der Waals surface area (Å²) in [5.41, 5.74) is 3.34. The fourth-order valence-corrected chi connectivity index (χ4v) is 2.88. The summed E-state index contributed by atoms with van der Waals surface area (Å²) in [5.74, 6) is -0.128. The Morgan fingerprint density at radius 3 is 2.68 bits per heavy atom. The van der Waals surface area contributed by atoms with E-state index in [1.807, 2.05) is 31.8 Å². The first-order valence-corrected chi connectivity index (χ1v) is 8.60. The van der Waals surface area contributed by atoms with E-state index in [2.05, 4.69) is 31.2 Å². The van der Waals surface area contributed by atoms with Gasteiger partial charge in [0, 0.05) is 38.6 Å². The van der Waals surface area contributed by atoms with E-state index < -0.39 is 0 Å². The van der Waals surface area contributed by atoms with Crippen LogP contribution in [0.1, 0.15) is 27.4 Å². The van der Waals surface area contributed by atoms with Gasteiger partial charge in [0.1, 0.15) is 12.4 Å². The molecule has 3 rings (SSSR count). The van der Waals surface area contributed by atoms with Crippen molar-refractivity contribution >= 4 is 21.8 Å². The molecule has 0 spiro atoms. The third kappa shape index (κ3) is 3.65. The van der Waals surface area contributed by atoms with E-state index in [0.29, 0.717) is 18.9 Å². The molecule has 3 aromatic heterocycles. The molecule has 0 atom stereocenters. The second-order valence-corrected chi connectivity index (χ2v) is 6.84. The lowest BCUT2D eigenvalue weighted by molar-refractivity contribution is 0.0778. The highest BCUT2D eigenvalue weighted by molar-refractivity contribution is 9.10. The number of carbonyl (C=O) groups excluding carboxylic acids is 1. The molecule has 9 heteroatoms. The lowest BCUT2D eigenvalue weighted by Gasteiger charge is -2.14. The molecule has 0 unspecified atom stereocenters. The topological polar surface area (TPSA) is 73.8 Å². The molecular weight excluding hydrogens is 386 g/mol. The smallest absolute Gasteiger partial charge is 0.274 e. The van der Waals surface area contributed by atoms with E-state index in [1.165, 1.54) is 0 Å². The molecule has 0 N–H and O–H groups in total. The molecular formula is C16H20BrN7O. The van der Waals surface area contributed by atoms with Crippen molar-refractivity contribution in [2.45, 2.75) is 27.1 Å². The van der Waals surface area contributed by atoms with Crippen LogP contribution in [0.5, 0.6) is 0 Å². The average molecular weight is 406 g/mol. The van der Waals surface area contributed by atoms with Gasteiger partial charge in [0.05, 0.1) is 22.1 Å². The standard InChI is InChI=1S/C16H20BrN7O/c1-11-15(17)12(2)24(19-11)10-23-6-5-14(20-23)16(25)21(3)8-13-7-18-22(4)9-13/h5-7,9H,8,10H2,1-4H3. The van der Waals surface area contributed by atoms with Gasteiger partial charge in [-0.3, -0.25) is 14.2 Å². The molecule has 3 aromatic rings. The first-order chi connectivity index (χ1) is 11.8. The predicted octanol–water partition coefficient (Wildman–Crippen LogP) is 1.97. The Bertz CT molecular complexity index is 908. The Kier molecular flexibility index (Phi) is 4.76. The van der Waals surface area contributed by atoms with E-state index in [9.17, 15) is 4.79 Å². The first-order valence-electron chi connectivity index (χ1n) is 7.81. The predicted molar refractivity (Wildman–Crippen MR) is 96.0 cm³/mol. The summed E-state index contributed by atoms with van der Waals surface area (Å²) in [6.45, 7) is 4.88. The molecule has 25 heavy (non-hydrogen) atoms. The Labute approximate surface area is 154 Å².